The summed E-state index contributed by atoms with van der Waals surface area (Å²) in [7, 11) is 1.74. The number of methoxy groups -OCH3 is 1. The lowest BCUT2D eigenvalue weighted by Crippen LogP contribution is -2.38. The molecule has 2 nitrogen and oxygen atoms in total. The van der Waals surface area contributed by atoms with Crippen molar-refractivity contribution in [3.8, 4) is 0 Å². The van der Waals surface area contributed by atoms with Crippen LogP contribution >= 0.6 is 0 Å². The molecule has 0 radical (unpaired) electrons. The van der Waals surface area contributed by atoms with E-state index in [9.17, 15) is 0 Å². The molecule has 1 N–H and O–H groups in total. The smallest absolute Gasteiger partial charge is 0.0613 e. The van der Waals surface area contributed by atoms with Gasteiger partial charge in [-0.3, -0.25) is 0 Å². The molecule has 2 heteroatoms. The first kappa shape index (κ1) is 8.02. The second kappa shape index (κ2) is 2.89. The van der Waals surface area contributed by atoms with Gasteiger partial charge >= 0.3 is 0 Å². The predicted molar refractivity (Wildman–Crippen MR) is 42.1 cm³/mol. The van der Waals surface area contributed by atoms with Crippen molar-refractivity contribution in [1.29, 1.82) is 0 Å². The molecule has 10 heavy (non-hydrogen) atoms. The first-order valence-electron chi connectivity index (χ1n) is 3.93. The van der Waals surface area contributed by atoms with Gasteiger partial charge in [0.25, 0.3) is 0 Å². The van der Waals surface area contributed by atoms with Crippen LogP contribution in [-0.2, 0) is 4.74 Å². The zero-order chi connectivity index (χ0) is 7.61. The Morgan fingerprint density at radius 1 is 1.60 bits per heavy atom. The SMILES string of the molecule is COCC(C)NC1(C)CC1. The van der Waals surface area contributed by atoms with Crippen molar-refractivity contribution in [2.24, 2.45) is 0 Å². The molecule has 0 saturated heterocycles. The van der Waals surface area contributed by atoms with E-state index >= 15 is 0 Å². The van der Waals surface area contributed by atoms with Gasteiger partial charge in [0, 0.05) is 18.7 Å². The maximum absolute atomic E-state index is 5.01. The Kier molecular flexibility index (Phi) is 2.32. The molecule has 0 heterocycles. The fraction of sp³-hybridized carbons (Fsp3) is 1.00. The molecule has 0 aromatic heterocycles. The lowest BCUT2D eigenvalue weighted by molar-refractivity contribution is 0.166. The summed E-state index contributed by atoms with van der Waals surface area (Å²) in [5, 5.41) is 3.51. The monoisotopic (exact) mass is 143 g/mol. The van der Waals surface area contributed by atoms with Crippen LogP contribution in [-0.4, -0.2) is 25.3 Å². The molecule has 0 amide bonds. The highest BCUT2D eigenvalue weighted by Gasteiger charge is 2.37. The first-order chi connectivity index (χ1) is 4.66. The number of hydrogen-bond donors (Lipinski definition) is 1. The van der Waals surface area contributed by atoms with E-state index in [1.165, 1.54) is 12.8 Å². The normalized spacial score (nSPS) is 24.3. The second-order valence-corrected chi connectivity index (χ2v) is 3.56. The molecule has 1 unspecified atom stereocenters. The van der Waals surface area contributed by atoms with E-state index < -0.39 is 0 Å². The van der Waals surface area contributed by atoms with Gasteiger partial charge in [-0.2, -0.15) is 0 Å². The Bertz CT molecular complexity index is 110. The molecule has 0 aromatic carbocycles. The van der Waals surface area contributed by atoms with Crippen molar-refractivity contribution in [3.63, 3.8) is 0 Å². The minimum absolute atomic E-state index is 0.442. The van der Waals surface area contributed by atoms with Crippen molar-refractivity contribution in [1.82, 2.24) is 5.32 Å². The molecule has 1 saturated carbocycles. The van der Waals surface area contributed by atoms with Crippen LogP contribution in [0.2, 0.25) is 0 Å². The van der Waals surface area contributed by atoms with Crippen molar-refractivity contribution in [3.05, 3.63) is 0 Å². The van der Waals surface area contributed by atoms with Gasteiger partial charge < -0.3 is 10.1 Å². The fourth-order valence-electron chi connectivity index (χ4n) is 1.22. The minimum Gasteiger partial charge on any atom is -0.383 e. The van der Waals surface area contributed by atoms with Crippen LogP contribution < -0.4 is 5.32 Å². The van der Waals surface area contributed by atoms with Crippen LogP contribution in [0.3, 0.4) is 0 Å². The molecule has 1 fully saturated rings. The highest BCUT2D eigenvalue weighted by molar-refractivity contribution is 4.98. The third kappa shape index (κ3) is 2.27. The largest absolute Gasteiger partial charge is 0.383 e. The Morgan fingerprint density at radius 2 is 2.20 bits per heavy atom. The average molecular weight is 143 g/mol. The molecule has 0 spiro atoms. The zero-order valence-corrected chi connectivity index (χ0v) is 7.11. The summed E-state index contributed by atoms with van der Waals surface area (Å²) in [6.45, 7) is 5.24. The number of rotatable bonds is 4. The van der Waals surface area contributed by atoms with Gasteiger partial charge in [0.2, 0.25) is 0 Å². The highest BCUT2D eigenvalue weighted by atomic mass is 16.5. The van der Waals surface area contributed by atoms with Crippen molar-refractivity contribution >= 4 is 0 Å². The van der Waals surface area contributed by atoms with E-state index in [4.69, 9.17) is 4.74 Å². The molecule has 1 aliphatic rings. The van der Waals surface area contributed by atoms with Crippen LogP contribution in [0.5, 0.6) is 0 Å². The summed E-state index contributed by atoms with van der Waals surface area (Å²) in [5.41, 5.74) is 0.442. The molecule has 1 atom stereocenters. The Hall–Kier alpha value is -0.0800. The summed E-state index contributed by atoms with van der Waals surface area (Å²) in [4.78, 5) is 0. The predicted octanol–water partition coefficient (Wildman–Crippen LogP) is 1.16. The van der Waals surface area contributed by atoms with Crippen LogP contribution in [0.4, 0.5) is 0 Å². The van der Waals surface area contributed by atoms with Crippen molar-refractivity contribution < 1.29 is 4.74 Å². The van der Waals surface area contributed by atoms with Gasteiger partial charge in [-0.15, -0.1) is 0 Å². The third-order valence-corrected chi connectivity index (χ3v) is 2.01. The van der Waals surface area contributed by atoms with Crippen LogP contribution in [0.1, 0.15) is 26.7 Å². The topological polar surface area (TPSA) is 21.3 Å². The molecule has 0 aromatic rings. The lowest BCUT2D eigenvalue weighted by atomic mass is 10.2. The Morgan fingerprint density at radius 3 is 2.60 bits per heavy atom. The van der Waals surface area contributed by atoms with Gasteiger partial charge in [-0.25, -0.2) is 0 Å². The zero-order valence-electron chi connectivity index (χ0n) is 7.11. The minimum atomic E-state index is 0.442. The lowest BCUT2D eigenvalue weighted by Gasteiger charge is -2.17. The maximum Gasteiger partial charge on any atom is 0.0613 e. The van der Waals surface area contributed by atoms with E-state index in [-0.39, 0.29) is 0 Å². The van der Waals surface area contributed by atoms with E-state index in [0.717, 1.165) is 6.61 Å². The van der Waals surface area contributed by atoms with Crippen LogP contribution in [0.25, 0.3) is 0 Å². The number of ether oxygens (including phenoxy) is 1. The molecule has 60 valence electrons. The number of hydrogen-bond acceptors (Lipinski definition) is 2. The van der Waals surface area contributed by atoms with E-state index in [2.05, 4.69) is 19.2 Å². The van der Waals surface area contributed by atoms with Crippen molar-refractivity contribution in [2.45, 2.75) is 38.3 Å². The van der Waals surface area contributed by atoms with E-state index in [1.807, 2.05) is 0 Å². The molecular formula is C8H17NO. The molecule has 0 aliphatic heterocycles. The Balaban J connectivity index is 2.11. The fourth-order valence-corrected chi connectivity index (χ4v) is 1.22. The second-order valence-electron chi connectivity index (χ2n) is 3.56. The summed E-state index contributed by atoms with van der Waals surface area (Å²) < 4.78 is 5.01. The van der Waals surface area contributed by atoms with Crippen LogP contribution in [0.15, 0.2) is 0 Å². The summed E-state index contributed by atoms with van der Waals surface area (Å²) >= 11 is 0. The van der Waals surface area contributed by atoms with E-state index in [1.54, 1.807) is 7.11 Å². The van der Waals surface area contributed by atoms with Gasteiger partial charge in [0.15, 0.2) is 0 Å². The highest BCUT2D eigenvalue weighted by Crippen LogP contribution is 2.34. The first-order valence-corrected chi connectivity index (χ1v) is 3.93. The van der Waals surface area contributed by atoms with Gasteiger partial charge in [0.1, 0.15) is 0 Å². The quantitative estimate of drug-likeness (QED) is 0.637. The molecule has 0 bridgehead atoms. The molecule has 1 rings (SSSR count). The van der Waals surface area contributed by atoms with Gasteiger partial charge in [-0.05, 0) is 26.7 Å². The summed E-state index contributed by atoms with van der Waals surface area (Å²) in [6, 6.07) is 0.498. The molecular weight excluding hydrogens is 126 g/mol. The average Bonchev–Trinajstić information content (AvgIpc) is 2.48. The summed E-state index contributed by atoms with van der Waals surface area (Å²) in [6.07, 6.45) is 2.64. The van der Waals surface area contributed by atoms with Gasteiger partial charge in [0.05, 0.1) is 6.61 Å². The van der Waals surface area contributed by atoms with Crippen LogP contribution in [0, 0.1) is 0 Å². The maximum atomic E-state index is 5.01. The molecule has 1 aliphatic carbocycles. The Labute approximate surface area is 63.0 Å². The summed E-state index contributed by atoms with van der Waals surface area (Å²) in [5.74, 6) is 0. The van der Waals surface area contributed by atoms with Gasteiger partial charge in [-0.1, -0.05) is 0 Å². The number of nitrogens with one attached hydrogen (secondary N) is 1. The van der Waals surface area contributed by atoms with E-state index in [0.29, 0.717) is 11.6 Å². The standard InChI is InChI=1S/C8H17NO/c1-7(6-10-3)9-8(2)4-5-8/h7,9H,4-6H2,1-3H3. The van der Waals surface area contributed by atoms with Crippen molar-refractivity contribution in [2.75, 3.05) is 13.7 Å². The third-order valence-electron chi connectivity index (χ3n) is 2.01.